The van der Waals surface area contributed by atoms with E-state index in [0.29, 0.717) is 6.54 Å². The van der Waals surface area contributed by atoms with Crippen LogP contribution in [0.4, 0.5) is 10.5 Å². The lowest BCUT2D eigenvalue weighted by Gasteiger charge is -2.10. The number of rotatable bonds is 4. The molecule has 2 N–H and O–H groups in total. The van der Waals surface area contributed by atoms with Crippen molar-refractivity contribution in [3.05, 3.63) is 58.1 Å². The fourth-order valence-electron chi connectivity index (χ4n) is 1.85. The van der Waals surface area contributed by atoms with E-state index in [2.05, 4.69) is 26.6 Å². The van der Waals surface area contributed by atoms with E-state index in [9.17, 15) is 4.79 Å². The van der Waals surface area contributed by atoms with Crippen LogP contribution in [0.15, 0.2) is 46.9 Å². The van der Waals surface area contributed by atoms with Crippen LogP contribution in [0.3, 0.4) is 0 Å². The van der Waals surface area contributed by atoms with Crippen molar-refractivity contribution in [1.82, 2.24) is 5.32 Å². The summed E-state index contributed by atoms with van der Waals surface area (Å²) in [6.45, 7) is 2.43. The van der Waals surface area contributed by atoms with E-state index in [-0.39, 0.29) is 6.03 Å². The predicted molar refractivity (Wildman–Crippen MR) is 87.7 cm³/mol. The van der Waals surface area contributed by atoms with E-state index in [1.54, 1.807) is 7.11 Å². The van der Waals surface area contributed by atoms with Gasteiger partial charge in [0.2, 0.25) is 0 Å². The number of aryl methyl sites for hydroxylation is 1. The minimum Gasteiger partial charge on any atom is -0.497 e. The number of ether oxygens (including phenoxy) is 1. The van der Waals surface area contributed by atoms with Crippen molar-refractivity contribution in [2.45, 2.75) is 13.5 Å². The molecule has 2 aromatic rings. The van der Waals surface area contributed by atoms with Crippen molar-refractivity contribution in [2.75, 3.05) is 12.4 Å². The van der Waals surface area contributed by atoms with Gasteiger partial charge in [-0.1, -0.05) is 18.2 Å². The summed E-state index contributed by atoms with van der Waals surface area (Å²) in [4.78, 5) is 11.9. The zero-order valence-electron chi connectivity index (χ0n) is 11.9. The molecule has 0 aliphatic heterocycles. The molecule has 0 aliphatic rings. The lowest BCUT2D eigenvalue weighted by molar-refractivity contribution is 0.251. The first kappa shape index (κ1) is 15.4. The molecule has 21 heavy (non-hydrogen) atoms. The Bertz CT molecular complexity index is 644. The van der Waals surface area contributed by atoms with Gasteiger partial charge in [-0.15, -0.1) is 0 Å². The molecule has 2 rings (SSSR count). The Labute approximate surface area is 132 Å². The third-order valence-electron chi connectivity index (χ3n) is 2.96. The third kappa shape index (κ3) is 4.49. The molecule has 0 aliphatic carbocycles. The molecule has 0 bridgehead atoms. The highest BCUT2D eigenvalue weighted by Gasteiger charge is 2.05. The van der Waals surface area contributed by atoms with E-state index in [1.165, 1.54) is 0 Å². The molecule has 0 spiro atoms. The number of amides is 2. The quantitative estimate of drug-likeness (QED) is 0.874. The minimum atomic E-state index is -0.248. The second-order valence-corrected chi connectivity index (χ2v) is 5.50. The summed E-state index contributed by atoms with van der Waals surface area (Å²) < 4.78 is 6.01. The Kier molecular flexibility index (Phi) is 5.22. The van der Waals surface area contributed by atoms with Crippen molar-refractivity contribution in [3.63, 3.8) is 0 Å². The summed E-state index contributed by atoms with van der Waals surface area (Å²) in [6.07, 6.45) is 0. The average Bonchev–Trinajstić information content (AvgIpc) is 2.48. The number of benzene rings is 2. The Morgan fingerprint density at radius 3 is 2.76 bits per heavy atom. The molecule has 110 valence electrons. The maximum Gasteiger partial charge on any atom is 0.319 e. The van der Waals surface area contributed by atoms with Gasteiger partial charge in [0.15, 0.2) is 0 Å². The van der Waals surface area contributed by atoms with E-state index in [0.717, 1.165) is 27.0 Å². The Hall–Kier alpha value is -2.01. The highest BCUT2D eigenvalue weighted by Crippen LogP contribution is 2.23. The van der Waals surface area contributed by atoms with Gasteiger partial charge in [0.25, 0.3) is 0 Å². The number of urea groups is 1. The number of anilines is 1. The molecule has 0 aromatic heterocycles. The molecule has 0 unspecified atom stereocenters. The van der Waals surface area contributed by atoms with Gasteiger partial charge >= 0.3 is 6.03 Å². The second kappa shape index (κ2) is 7.13. The van der Waals surface area contributed by atoms with Crippen molar-refractivity contribution in [1.29, 1.82) is 0 Å². The predicted octanol–water partition coefficient (Wildman–Crippen LogP) is 4.09. The molecule has 4 nitrogen and oxygen atoms in total. The Morgan fingerprint density at radius 2 is 2.05 bits per heavy atom. The summed E-state index contributed by atoms with van der Waals surface area (Å²) in [5.41, 5.74) is 2.85. The first-order chi connectivity index (χ1) is 10.1. The fourth-order valence-corrected chi connectivity index (χ4v) is 2.45. The highest BCUT2D eigenvalue weighted by atomic mass is 79.9. The molecule has 0 fully saturated rings. The minimum absolute atomic E-state index is 0.248. The zero-order chi connectivity index (χ0) is 15.2. The summed E-state index contributed by atoms with van der Waals surface area (Å²) in [6, 6.07) is 13.1. The maximum absolute atomic E-state index is 11.9. The van der Waals surface area contributed by atoms with E-state index >= 15 is 0 Å². The van der Waals surface area contributed by atoms with Gasteiger partial charge in [-0.05, 0) is 58.2 Å². The maximum atomic E-state index is 11.9. The van der Waals surface area contributed by atoms with Crippen LogP contribution in [0.5, 0.6) is 5.75 Å². The van der Waals surface area contributed by atoms with Crippen LogP contribution >= 0.6 is 15.9 Å². The van der Waals surface area contributed by atoms with Gasteiger partial charge < -0.3 is 15.4 Å². The molecule has 0 saturated carbocycles. The van der Waals surface area contributed by atoms with Crippen molar-refractivity contribution in [3.8, 4) is 5.75 Å². The molecular weight excluding hydrogens is 332 g/mol. The lowest BCUT2D eigenvalue weighted by Crippen LogP contribution is -2.28. The standard InChI is InChI=1S/C16H17BrN2O2/c1-11-6-7-15(14(17)8-11)19-16(20)18-10-12-4-3-5-13(9-12)21-2/h3-9H,10H2,1-2H3,(H2,18,19,20). The average molecular weight is 349 g/mol. The normalized spacial score (nSPS) is 10.0. The highest BCUT2D eigenvalue weighted by molar-refractivity contribution is 9.10. The van der Waals surface area contributed by atoms with Gasteiger partial charge in [0, 0.05) is 11.0 Å². The monoisotopic (exact) mass is 348 g/mol. The van der Waals surface area contributed by atoms with Gasteiger partial charge in [0.05, 0.1) is 12.8 Å². The van der Waals surface area contributed by atoms with Gasteiger partial charge in [-0.3, -0.25) is 0 Å². The number of nitrogens with one attached hydrogen (secondary N) is 2. The zero-order valence-corrected chi connectivity index (χ0v) is 13.5. The largest absolute Gasteiger partial charge is 0.497 e. The summed E-state index contributed by atoms with van der Waals surface area (Å²) in [5, 5.41) is 5.62. The number of halogens is 1. The van der Waals surface area contributed by atoms with Crippen LogP contribution in [0.2, 0.25) is 0 Å². The van der Waals surface area contributed by atoms with Gasteiger partial charge in [-0.25, -0.2) is 4.79 Å². The van der Waals surface area contributed by atoms with Crippen LogP contribution in [0, 0.1) is 6.92 Å². The van der Waals surface area contributed by atoms with Gasteiger partial charge in [-0.2, -0.15) is 0 Å². The summed E-state index contributed by atoms with van der Waals surface area (Å²) >= 11 is 3.43. The number of hydrogen-bond donors (Lipinski definition) is 2. The van der Waals surface area contributed by atoms with Crippen molar-refractivity contribution in [2.24, 2.45) is 0 Å². The molecule has 0 atom stereocenters. The molecule has 5 heteroatoms. The molecule has 0 radical (unpaired) electrons. The smallest absolute Gasteiger partial charge is 0.319 e. The fraction of sp³-hybridized carbons (Fsp3) is 0.188. The molecule has 0 heterocycles. The third-order valence-corrected chi connectivity index (χ3v) is 3.62. The molecule has 2 amide bonds. The molecule has 2 aromatic carbocycles. The number of hydrogen-bond acceptors (Lipinski definition) is 2. The van der Waals surface area contributed by atoms with Crippen LogP contribution < -0.4 is 15.4 Å². The number of methoxy groups -OCH3 is 1. The SMILES string of the molecule is COc1cccc(CNC(=O)Nc2ccc(C)cc2Br)c1. The van der Waals surface area contributed by atoms with Crippen molar-refractivity contribution >= 4 is 27.6 Å². The van der Waals surface area contributed by atoms with Crippen LogP contribution in [-0.2, 0) is 6.54 Å². The lowest BCUT2D eigenvalue weighted by atomic mass is 10.2. The summed E-state index contributed by atoms with van der Waals surface area (Å²) in [5.74, 6) is 0.774. The van der Waals surface area contributed by atoms with Crippen LogP contribution in [-0.4, -0.2) is 13.1 Å². The van der Waals surface area contributed by atoms with E-state index in [1.807, 2.05) is 49.4 Å². The second-order valence-electron chi connectivity index (χ2n) is 4.64. The Balaban J connectivity index is 1.92. The topological polar surface area (TPSA) is 50.4 Å². The van der Waals surface area contributed by atoms with Gasteiger partial charge in [0.1, 0.15) is 5.75 Å². The van der Waals surface area contributed by atoms with Crippen molar-refractivity contribution < 1.29 is 9.53 Å². The van der Waals surface area contributed by atoms with Crippen LogP contribution in [0.1, 0.15) is 11.1 Å². The first-order valence-electron chi connectivity index (χ1n) is 6.52. The van der Waals surface area contributed by atoms with E-state index < -0.39 is 0 Å². The molecular formula is C16H17BrN2O2. The molecule has 0 saturated heterocycles. The van der Waals surface area contributed by atoms with Crippen LogP contribution in [0.25, 0.3) is 0 Å². The number of carbonyl (C=O) groups excluding carboxylic acids is 1. The Morgan fingerprint density at radius 1 is 1.24 bits per heavy atom. The summed E-state index contributed by atoms with van der Waals surface area (Å²) in [7, 11) is 1.62. The first-order valence-corrected chi connectivity index (χ1v) is 7.31. The van der Waals surface area contributed by atoms with E-state index in [4.69, 9.17) is 4.74 Å². The number of carbonyl (C=O) groups is 1.